The van der Waals surface area contributed by atoms with Gasteiger partial charge in [0.05, 0.1) is 17.5 Å². The number of rotatable bonds is 5. The molecule has 29 heavy (non-hydrogen) atoms. The number of likely N-dealkylation sites (tertiary alicyclic amines) is 1. The van der Waals surface area contributed by atoms with Gasteiger partial charge in [-0.2, -0.15) is 5.10 Å². The number of benzene rings is 1. The van der Waals surface area contributed by atoms with Crippen molar-refractivity contribution in [2.75, 3.05) is 27.2 Å². The van der Waals surface area contributed by atoms with E-state index in [2.05, 4.69) is 15.0 Å². The lowest BCUT2D eigenvalue weighted by atomic mass is 10.0. The zero-order valence-electron chi connectivity index (χ0n) is 16.4. The number of carboxylic acid groups (broad SMARTS) is 1. The number of carboxylic acids is 1. The second-order valence-electron chi connectivity index (χ2n) is 7.59. The van der Waals surface area contributed by atoms with E-state index in [1.807, 2.05) is 18.2 Å². The second kappa shape index (κ2) is 7.63. The number of carbonyl (C=O) groups is 2. The Morgan fingerprint density at radius 2 is 1.97 bits per heavy atom. The van der Waals surface area contributed by atoms with Crippen LogP contribution in [0.15, 0.2) is 42.7 Å². The van der Waals surface area contributed by atoms with Crippen LogP contribution in [-0.2, 0) is 6.54 Å². The first-order valence-corrected chi connectivity index (χ1v) is 9.53. The topological polar surface area (TPSA) is 91.0 Å². The number of carbonyl (C=O) groups excluding carboxylic acids is 1. The fourth-order valence-corrected chi connectivity index (χ4v) is 3.84. The standard InChI is InChI=1S/C21H23N5O3/c1-24(2)20(27)17-11-23-26-18(7-9-22-19(17)26)16-8-10-25(13-16)12-14-3-5-15(6-4-14)21(28)29/h3-7,9,11,16H,8,10,12-13H2,1-2H3,(H,28,29)/t16-/m1/s1. The lowest BCUT2D eigenvalue weighted by molar-refractivity contribution is 0.0696. The van der Waals surface area contributed by atoms with Crippen molar-refractivity contribution in [1.29, 1.82) is 0 Å². The lowest BCUT2D eigenvalue weighted by Crippen LogP contribution is -2.22. The molecule has 1 aliphatic rings. The van der Waals surface area contributed by atoms with E-state index in [0.717, 1.165) is 37.3 Å². The number of fused-ring (bicyclic) bond motifs is 1. The van der Waals surface area contributed by atoms with Crippen LogP contribution < -0.4 is 0 Å². The van der Waals surface area contributed by atoms with Crippen molar-refractivity contribution in [2.24, 2.45) is 0 Å². The zero-order valence-corrected chi connectivity index (χ0v) is 16.4. The van der Waals surface area contributed by atoms with Gasteiger partial charge in [0, 0.05) is 39.3 Å². The molecular weight excluding hydrogens is 370 g/mol. The molecule has 1 amide bonds. The quantitative estimate of drug-likeness (QED) is 0.714. The van der Waals surface area contributed by atoms with Gasteiger partial charge in [-0.3, -0.25) is 9.69 Å². The molecule has 1 aliphatic heterocycles. The zero-order chi connectivity index (χ0) is 20.5. The van der Waals surface area contributed by atoms with Crippen LogP contribution >= 0.6 is 0 Å². The van der Waals surface area contributed by atoms with Crippen LogP contribution in [0.2, 0.25) is 0 Å². The Labute approximate surface area is 168 Å². The number of hydrogen-bond acceptors (Lipinski definition) is 5. The smallest absolute Gasteiger partial charge is 0.335 e. The van der Waals surface area contributed by atoms with Gasteiger partial charge in [-0.05, 0) is 36.7 Å². The van der Waals surface area contributed by atoms with Crippen LogP contribution in [-0.4, -0.2) is 68.6 Å². The maximum Gasteiger partial charge on any atom is 0.335 e. The van der Waals surface area contributed by atoms with Crippen LogP contribution in [0.3, 0.4) is 0 Å². The first kappa shape index (κ1) is 19.1. The summed E-state index contributed by atoms with van der Waals surface area (Å²) < 4.78 is 1.78. The molecule has 0 radical (unpaired) electrons. The molecule has 0 unspecified atom stereocenters. The van der Waals surface area contributed by atoms with Crippen LogP contribution in [0, 0.1) is 0 Å². The van der Waals surface area contributed by atoms with E-state index >= 15 is 0 Å². The van der Waals surface area contributed by atoms with Crippen molar-refractivity contribution in [1.82, 2.24) is 24.4 Å². The number of nitrogens with zero attached hydrogens (tertiary/aromatic N) is 5. The summed E-state index contributed by atoms with van der Waals surface area (Å²) in [5.74, 6) is -0.727. The molecular formula is C21H23N5O3. The molecule has 1 N–H and O–H groups in total. The molecule has 1 saturated heterocycles. The second-order valence-corrected chi connectivity index (χ2v) is 7.59. The summed E-state index contributed by atoms with van der Waals surface area (Å²) in [7, 11) is 3.43. The average molecular weight is 393 g/mol. The van der Waals surface area contributed by atoms with Crippen molar-refractivity contribution in [3.8, 4) is 0 Å². The molecule has 0 aliphatic carbocycles. The lowest BCUT2D eigenvalue weighted by Gasteiger charge is -2.17. The molecule has 0 bridgehead atoms. The molecule has 1 fully saturated rings. The van der Waals surface area contributed by atoms with Crippen LogP contribution in [0.5, 0.6) is 0 Å². The Bertz CT molecular complexity index is 1060. The Morgan fingerprint density at radius 3 is 2.66 bits per heavy atom. The highest BCUT2D eigenvalue weighted by Gasteiger charge is 2.27. The minimum atomic E-state index is -0.911. The van der Waals surface area contributed by atoms with Crippen molar-refractivity contribution < 1.29 is 14.7 Å². The predicted molar refractivity (Wildman–Crippen MR) is 107 cm³/mol. The highest BCUT2D eigenvalue weighted by molar-refractivity contribution is 5.99. The van der Waals surface area contributed by atoms with Gasteiger partial charge in [-0.25, -0.2) is 14.3 Å². The first-order valence-electron chi connectivity index (χ1n) is 9.53. The van der Waals surface area contributed by atoms with Crippen molar-refractivity contribution in [3.63, 3.8) is 0 Å². The van der Waals surface area contributed by atoms with E-state index in [4.69, 9.17) is 5.11 Å². The Morgan fingerprint density at radius 1 is 1.21 bits per heavy atom. The number of aromatic nitrogens is 3. The number of hydrogen-bond donors (Lipinski definition) is 1. The SMILES string of the molecule is CN(C)C(=O)c1cnn2c([C@@H]3CCN(Cc4ccc(C(=O)O)cc4)C3)ccnc12. The Hall–Kier alpha value is -3.26. The third-order valence-electron chi connectivity index (χ3n) is 5.36. The van der Waals surface area contributed by atoms with Crippen LogP contribution in [0.1, 0.15) is 44.3 Å². The highest BCUT2D eigenvalue weighted by Crippen LogP contribution is 2.28. The van der Waals surface area contributed by atoms with E-state index in [0.29, 0.717) is 22.7 Å². The van der Waals surface area contributed by atoms with Gasteiger partial charge in [0.2, 0.25) is 0 Å². The summed E-state index contributed by atoms with van der Waals surface area (Å²) in [5.41, 5.74) is 3.54. The summed E-state index contributed by atoms with van der Waals surface area (Å²) in [4.78, 5) is 31.6. The summed E-state index contributed by atoms with van der Waals surface area (Å²) in [5, 5.41) is 13.5. The van der Waals surface area contributed by atoms with Gasteiger partial charge in [-0.15, -0.1) is 0 Å². The fraction of sp³-hybridized carbons (Fsp3) is 0.333. The van der Waals surface area contributed by atoms with Gasteiger partial charge >= 0.3 is 5.97 Å². The van der Waals surface area contributed by atoms with Gasteiger partial charge < -0.3 is 10.0 Å². The molecule has 3 aromatic rings. The van der Waals surface area contributed by atoms with E-state index < -0.39 is 5.97 Å². The molecule has 8 nitrogen and oxygen atoms in total. The third kappa shape index (κ3) is 3.71. The molecule has 0 saturated carbocycles. The minimum Gasteiger partial charge on any atom is -0.478 e. The maximum atomic E-state index is 12.4. The van der Waals surface area contributed by atoms with Gasteiger partial charge in [0.25, 0.3) is 5.91 Å². The molecule has 1 aromatic carbocycles. The predicted octanol–water partition coefficient (Wildman–Crippen LogP) is 2.12. The van der Waals surface area contributed by atoms with E-state index in [1.54, 1.807) is 43.1 Å². The van der Waals surface area contributed by atoms with Gasteiger partial charge in [0.1, 0.15) is 5.56 Å². The van der Waals surface area contributed by atoms with Crippen molar-refractivity contribution in [2.45, 2.75) is 18.9 Å². The van der Waals surface area contributed by atoms with Gasteiger partial charge in [0.15, 0.2) is 5.65 Å². The molecule has 150 valence electrons. The Kier molecular flexibility index (Phi) is 5.02. The summed E-state index contributed by atoms with van der Waals surface area (Å²) in [6.07, 6.45) is 4.32. The molecule has 8 heteroatoms. The molecule has 2 aromatic heterocycles. The van der Waals surface area contributed by atoms with Crippen LogP contribution in [0.25, 0.3) is 5.65 Å². The fourth-order valence-electron chi connectivity index (χ4n) is 3.84. The molecule has 0 spiro atoms. The van der Waals surface area contributed by atoms with Crippen molar-refractivity contribution >= 4 is 17.5 Å². The highest BCUT2D eigenvalue weighted by atomic mass is 16.4. The normalized spacial score (nSPS) is 17.0. The average Bonchev–Trinajstić information content (AvgIpc) is 3.34. The largest absolute Gasteiger partial charge is 0.478 e. The van der Waals surface area contributed by atoms with E-state index in [1.165, 1.54) is 4.90 Å². The first-order chi connectivity index (χ1) is 13.9. The summed E-state index contributed by atoms with van der Waals surface area (Å²) >= 11 is 0. The summed E-state index contributed by atoms with van der Waals surface area (Å²) in [6, 6.07) is 9.00. The molecule has 1 atom stereocenters. The van der Waals surface area contributed by atoms with Crippen molar-refractivity contribution in [3.05, 3.63) is 65.1 Å². The maximum absolute atomic E-state index is 12.4. The van der Waals surface area contributed by atoms with Crippen LogP contribution in [0.4, 0.5) is 0 Å². The Balaban J connectivity index is 1.51. The van der Waals surface area contributed by atoms with E-state index in [-0.39, 0.29) is 5.91 Å². The minimum absolute atomic E-state index is 0.109. The number of amides is 1. The number of aromatic carboxylic acids is 1. The van der Waals surface area contributed by atoms with E-state index in [9.17, 15) is 9.59 Å². The monoisotopic (exact) mass is 393 g/mol. The summed E-state index contributed by atoms with van der Waals surface area (Å²) in [6.45, 7) is 2.59. The van der Waals surface area contributed by atoms with Gasteiger partial charge in [-0.1, -0.05) is 12.1 Å². The molecule has 4 rings (SSSR count). The third-order valence-corrected chi connectivity index (χ3v) is 5.36. The molecule has 3 heterocycles.